The molecular weight excluding hydrogens is 264 g/mol. The van der Waals surface area contributed by atoms with E-state index in [1.807, 2.05) is 13.8 Å². The van der Waals surface area contributed by atoms with Crippen LogP contribution in [0.5, 0.6) is 0 Å². The minimum absolute atomic E-state index is 0.132. The van der Waals surface area contributed by atoms with E-state index in [-0.39, 0.29) is 17.6 Å². The Bertz CT molecular complexity index is 596. The largest absolute Gasteiger partial charge is 0.379 e. The van der Waals surface area contributed by atoms with Gasteiger partial charge in [-0.15, -0.1) is 0 Å². The van der Waals surface area contributed by atoms with Gasteiger partial charge in [0.2, 0.25) is 5.95 Å². The van der Waals surface area contributed by atoms with Crippen LogP contribution in [0.2, 0.25) is 0 Å². The second kappa shape index (κ2) is 6.17. The molecule has 0 spiro atoms. The number of imidazole rings is 1. The number of hydrogen-bond donors (Lipinski definition) is 1. The van der Waals surface area contributed by atoms with Gasteiger partial charge < -0.3 is 15.0 Å². The summed E-state index contributed by atoms with van der Waals surface area (Å²) in [6, 6.07) is 2.49. The highest BCUT2D eigenvalue weighted by molar-refractivity contribution is 5.79. The van der Waals surface area contributed by atoms with Crippen molar-refractivity contribution < 1.29 is 13.5 Å². The molecule has 0 saturated carbocycles. The minimum atomic E-state index is -0.898. The molecule has 0 atom stereocenters. The summed E-state index contributed by atoms with van der Waals surface area (Å²) < 4.78 is 34.1. The van der Waals surface area contributed by atoms with Crippen LogP contribution >= 0.6 is 0 Å². The maximum atomic E-state index is 13.8. The number of fused-ring (bicyclic) bond motifs is 1. The summed E-state index contributed by atoms with van der Waals surface area (Å²) in [6.45, 7) is 5.07. The fraction of sp³-hybridized carbons (Fsp3) is 0.500. The van der Waals surface area contributed by atoms with Gasteiger partial charge in [0, 0.05) is 13.2 Å². The highest BCUT2D eigenvalue weighted by Crippen LogP contribution is 2.23. The van der Waals surface area contributed by atoms with Gasteiger partial charge >= 0.3 is 0 Å². The third kappa shape index (κ3) is 3.07. The molecule has 20 heavy (non-hydrogen) atoms. The molecule has 1 aromatic carbocycles. The average Bonchev–Trinajstić information content (AvgIpc) is 2.70. The molecule has 0 aliphatic carbocycles. The summed E-state index contributed by atoms with van der Waals surface area (Å²) in [4.78, 5) is 4.04. The van der Waals surface area contributed by atoms with Gasteiger partial charge in [0.1, 0.15) is 5.52 Å². The van der Waals surface area contributed by atoms with Gasteiger partial charge in [-0.05, 0) is 38.8 Å². The molecule has 4 nitrogen and oxygen atoms in total. The van der Waals surface area contributed by atoms with Crippen molar-refractivity contribution in [2.75, 3.05) is 12.3 Å². The van der Waals surface area contributed by atoms with E-state index in [1.54, 1.807) is 0 Å². The molecule has 1 aromatic heterocycles. The molecule has 0 saturated heterocycles. The Morgan fingerprint density at radius 2 is 2.05 bits per heavy atom. The number of aryl methyl sites for hydroxylation is 1. The summed E-state index contributed by atoms with van der Waals surface area (Å²) in [7, 11) is 0. The van der Waals surface area contributed by atoms with E-state index in [2.05, 4.69) is 4.98 Å². The van der Waals surface area contributed by atoms with E-state index in [0.717, 1.165) is 18.9 Å². The number of rotatable bonds is 6. The number of halogens is 2. The van der Waals surface area contributed by atoms with Crippen LogP contribution in [0.1, 0.15) is 26.7 Å². The first-order valence-electron chi connectivity index (χ1n) is 6.72. The highest BCUT2D eigenvalue weighted by Gasteiger charge is 2.15. The highest BCUT2D eigenvalue weighted by atomic mass is 19.2. The summed E-state index contributed by atoms with van der Waals surface area (Å²) in [5.41, 5.74) is 6.27. The number of anilines is 1. The van der Waals surface area contributed by atoms with Crippen LogP contribution in [0.3, 0.4) is 0 Å². The summed E-state index contributed by atoms with van der Waals surface area (Å²) in [5.74, 6) is -1.58. The third-order valence-electron chi connectivity index (χ3n) is 3.06. The molecule has 0 amide bonds. The number of aromatic nitrogens is 2. The molecule has 110 valence electrons. The van der Waals surface area contributed by atoms with Gasteiger partial charge in [-0.1, -0.05) is 0 Å². The second-order valence-corrected chi connectivity index (χ2v) is 4.98. The standard InChI is InChI=1S/C14H19F2N3O/c1-9(2)20-8-4-3-7-19-13-11(18-14(19)17)6-5-10(15)12(13)16/h5-6,9H,3-4,7-8H2,1-2H3,(H2,17,18). The van der Waals surface area contributed by atoms with E-state index < -0.39 is 11.6 Å². The van der Waals surface area contributed by atoms with Gasteiger partial charge in [-0.25, -0.2) is 13.8 Å². The van der Waals surface area contributed by atoms with Crippen LogP contribution < -0.4 is 5.73 Å². The SMILES string of the molecule is CC(C)OCCCCn1c(N)nc2ccc(F)c(F)c21. The lowest BCUT2D eigenvalue weighted by Crippen LogP contribution is -2.08. The zero-order chi connectivity index (χ0) is 14.7. The minimum Gasteiger partial charge on any atom is -0.379 e. The molecule has 0 fully saturated rings. The van der Waals surface area contributed by atoms with Crippen LogP contribution in [0.4, 0.5) is 14.7 Å². The molecule has 2 rings (SSSR count). The zero-order valence-electron chi connectivity index (χ0n) is 11.7. The second-order valence-electron chi connectivity index (χ2n) is 4.98. The maximum absolute atomic E-state index is 13.8. The molecule has 6 heteroatoms. The Morgan fingerprint density at radius 3 is 2.75 bits per heavy atom. The van der Waals surface area contributed by atoms with Gasteiger partial charge in [-0.3, -0.25) is 0 Å². The van der Waals surface area contributed by atoms with Crippen molar-refractivity contribution in [2.45, 2.75) is 39.3 Å². The Morgan fingerprint density at radius 1 is 1.30 bits per heavy atom. The summed E-state index contributed by atoms with van der Waals surface area (Å²) in [6.07, 6.45) is 1.78. The van der Waals surface area contributed by atoms with Crippen molar-refractivity contribution in [2.24, 2.45) is 0 Å². The Labute approximate surface area is 116 Å². The number of nitrogen functional groups attached to an aromatic ring is 1. The van der Waals surface area contributed by atoms with Gasteiger partial charge in [0.25, 0.3) is 0 Å². The zero-order valence-corrected chi connectivity index (χ0v) is 11.7. The van der Waals surface area contributed by atoms with E-state index in [9.17, 15) is 8.78 Å². The molecule has 2 N–H and O–H groups in total. The molecule has 0 aliphatic heterocycles. The fourth-order valence-corrected chi connectivity index (χ4v) is 2.09. The number of hydrogen-bond acceptors (Lipinski definition) is 3. The predicted molar refractivity (Wildman–Crippen MR) is 74.4 cm³/mol. The van der Waals surface area contributed by atoms with Crippen molar-refractivity contribution in [1.29, 1.82) is 0 Å². The number of benzene rings is 1. The van der Waals surface area contributed by atoms with Crippen LogP contribution in [0, 0.1) is 11.6 Å². The van der Waals surface area contributed by atoms with Crippen molar-refractivity contribution >= 4 is 17.0 Å². The molecule has 2 aromatic rings. The summed E-state index contributed by atoms with van der Waals surface area (Å²) in [5, 5.41) is 0. The number of nitrogens with two attached hydrogens (primary N) is 1. The van der Waals surface area contributed by atoms with Gasteiger partial charge in [-0.2, -0.15) is 0 Å². The van der Waals surface area contributed by atoms with E-state index in [4.69, 9.17) is 10.5 Å². The Hall–Kier alpha value is -1.69. The van der Waals surface area contributed by atoms with E-state index in [1.165, 1.54) is 10.6 Å². The first kappa shape index (κ1) is 14.7. The molecule has 0 radical (unpaired) electrons. The molecule has 0 unspecified atom stereocenters. The number of ether oxygens (including phenoxy) is 1. The quantitative estimate of drug-likeness (QED) is 0.829. The normalized spacial score (nSPS) is 11.7. The molecule has 0 bridgehead atoms. The predicted octanol–water partition coefficient (Wildman–Crippen LogP) is 3.10. The lowest BCUT2D eigenvalue weighted by molar-refractivity contribution is 0.0755. The molecular formula is C14H19F2N3O. The van der Waals surface area contributed by atoms with Crippen molar-refractivity contribution in [1.82, 2.24) is 9.55 Å². The van der Waals surface area contributed by atoms with E-state index >= 15 is 0 Å². The molecule has 0 aliphatic rings. The topological polar surface area (TPSA) is 53.1 Å². The smallest absolute Gasteiger partial charge is 0.201 e. The fourth-order valence-electron chi connectivity index (χ4n) is 2.09. The monoisotopic (exact) mass is 283 g/mol. The van der Waals surface area contributed by atoms with E-state index in [0.29, 0.717) is 18.7 Å². The molecule has 1 heterocycles. The Balaban J connectivity index is 2.09. The first-order chi connectivity index (χ1) is 9.50. The van der Waals surface area contributed by atoms with Crippen LogP contribution in [-0.4, -0.2) is 22.3 Å². The lowest BCUT2D eigenvalue weighted by atomic mass is 10.2. The third-order valence-corrected chi connectivity index (χ3v) is 3.06. The number of nitrogens with zero attached hydrogens (tertiary/aromatic N) is 2. The number of unbranched alkanes of at least 4 members (excludes halogenated alkanes) is 1. The van der Waals surface area contributed by atoms with Crippen LogP contribution in [0.25, 0.3) is 11.0 Å². The van der Waals surface area contributed by atoms with Crippen molar-refractivity contribution in [3.63, 3.8) is 0 Å². The first-order valence-corrected chi connectivity index (χ1v) is 6.72. The Kier molecular flexibility index (Phi) is 4.54. The lowest BCUT2D eigenvalue weighted by Gasteiger charge is -2.09. The maximum Gasteiger partial charge on any atom is 0.201 e. The van der Waals surface area contributed by atoms with Crippen molar-refractivity contribution in [3.05, 3.63) is 23.8 Å². The van der Waals surface area contributed by atoms with Gasteiger partial charge in [0.05, 0.1) is 11.6 Å². The van der Waals surface area contributed by atoms with Crippen LogP contribution in [0.15, 0.2) is 12.1 Å². The summed E-state index contributed by atoms with van der Waals surface area (Å²) >= 11 is 0. The van der Waals surface area contributed by atoms with Crippen LogP contribution in [-0.2, 0) is 11.3 Å². The average molecular weight is 283 g/mol. The van der Waals surface area contributed by atoms with Gasteiger partial charge in [0.15, 0.2) is 11.6 Å². The van der Waals surface area contributed by atoms with Crippen molar-refractivity contribution in [3.8, 4) is 0 Å².